The van der Waals surface area contributed by atoms with Gasteiger partial charge in [0.25, 0.3) is 0 Å². The summed E-state index contributed by atoms with van der Waals surface area (Å²) < 4.78 is 13.2. The minimum Gasteiger partial charge on any atom is -0.334 e. The molecule has 34 heavy (non-hydrogen) atoms. The fraction of sp³-hybridized carbons (Fsp3) is 0.500. The maximum atomic E-state index is 13.2. The van der Waals surface area contributed by atoms with Crippen molar-refractivity contribution in [2.75, 3.05) is 5.32 Å². The number of Topliss-reactive ketones (excluding diaryl/α,β-unsaturated/α-hetero) is 1. The van der Waals surface area contributed by atoms with E-state index in [1.807, 2.05) is 12.1 Å². The van der Waals surface area contributed by atoms with E-state index in [-0.39, 0.29) is 29.7 Å². The fourth-order valence-electron chi connectivity index (χ4n) is 5.44. The highest BCUT2D eigenvalue weighted by atomic mass is 19.1. The Bertz CT molecular complexity index is 970. The van der Waals surface area contributed by atoms with Gasteiger partial charge in [-0.05, 0) is 87.6 Å². The van der Waals surface area contributed by atoms with Crippen molar-refractivity contribution in [1.29, 1.82) is 0 Å². The van der Waals surface area contributed by atoms with Gasteiger partial charge in [0, 0.05) is 29.4 Å². The van der Waals surface area contributed by atoms with Crippen LogP contribution in [-0.4, -0.2) is 29.9 Å². The molecule has 0 spiro atoms. The summed E-state index contributed by atoms with van der Waals surface area (Å²) in [7, 11) is 0. The van der Waals surface area contributed by atoms with Gasteiger partial charge in [-0.25, -0.2) is 9.18 Å². The zero-order valence-electron chi connectivity index (χ0n) is 20.0. The predicted octanol–water partition coefficient (Wildman–Crippen LogP) is 5.85. The standard InChI is InChI=1S/C28H36FN3O2/c1-19(33)22-5-4-6-25(18-22)31-28(34)32-27-8-3-2-7-26(27)30-24-15-11-21(12-16-24)17-20-9-13-23(29)14-10-20/h4-6,9-10,13-14,18,21,24,26-27,30H,2-3,7-8,11-12,15-17H2,1H3,(H2,31,32,34). The number of amides is 2. The molecule has 0 saturated heterocycles. The van der Waals surface area contributed by atoms with Crippen LogP contribution in [0.4, 0.5) is 14.9 Å². The number of hydrogen-bond donors (Lipinski definition) is 3. The van der Waals surface area contributed by atoms with Crippen LogP contribution < -0.4 is 16.0 Å². The van der Waals surface area contributed by atoms with Crippen LogP contribution in [0.1, 0.15) is 74.2 Å². The van der Waals surface area contributed by atoms with Gasteiger partial charge in [-0.1, -0.05) is 37.1 Å². The van der Waals surface area contributed by atoms with Gasteiger partial charge in [0.15, 0.2) is 5.78 Å². The third-order valence-corrected chi connectivity index (χ3v) is 7.34. The van der Waals surface area contributed by atoms with Gasteiger partial charge in [-0.2, -0.15) is 0 Å². The van der Waals surface area contributed by atoms with E-state index in [0.29, 0.717) is 23.2 Å². The van der Waals surface area contributed by atoms with E-state index in [2.05, 4.69) is 16.0 Å². The first-order valence-corrected chi connectivity index (χ1v) is 12.7. The summed E-state index contributed by atoms with van der Waals surface area (Å²) in [5.41, 5.74) is 2.43. The molecule has 0 heterocycles. The van der Waals surface area contributed by atoms with E-state index in [1.165, 1.54) is 31.7 Å². The highest BCUT2D eigenvalue weighted by molar-refractivity contribution is 5.96. The molecule has 182 valence electrons. The number of hydrogen-bond acceptors (Lipinski definition) is 3. The monoisotopic (exact) mass is 465 g/mol. The average Bonchev–Trinajstić information content (AvgIpc) is 2.83. The molecule has 2 aliphatic rings. The lowest BCUT2D eigenvalue weighted by Gasteiger charge is -2.38. The van der Waals surface area contributed by atoms with Crippen LogP contribution in [-0.2, 0) is 6.42 Å². The summed E-state index contributed by atoms with van der Waals surface area (Å²) >= 11 is 0. The van der Waals surface area contributed by atoms with Crippen LogP contribution in [0.15, 0.2) is 48.5 Å². The molecular weight excluding hydrogens is 429 g/mol. The van der Waals surface area contributed by atoms with Crippen LogP contribution in [0.5, 0.6) is 0 Å². The summed E-state index contributed by atoms with van der Waals surface area (Å²) in [6, 6.07) is 14.6. The predicted molar refractivity (Wildman–Crippen MR) is 134 cm³/mol. The molecule has 2 fully saturated rings. The van der Waals surface area contributed by atoms with Crippen LogP contribution in [0, 0.1) is 11.7 Å². The summed E-state index contributed by atoms with van der Waals surface area (Å²) in [4.78, 5) is 24.3. The number of halogens is 1. The van der Waals surface area contributed by atoms with E-state index in [0.717, 1.165) is 38.5 Å². The molecule has 4 rings (SSSR count). The number of carbonyl (C=O) groups excluding carboxylic acids is 2. The Morgan fingerprint density at radius 2 is 1.62 bits per heavy atom. The SMILES string of the molecule is CC(=O)c1cccc(NC(=O)NC2CCCCC2NC2CCC(Cc3ccc(F)cc3)CC2)c1. The summed E-state index contributed by atoms with van der Waals surface area (Å²) in [6.45, 7) is 1.52. The molecule has 2 atom stereocenters. The van der Waals surface area contributed by atoms with Gasteiger partial charge in [0.2, 0.25) is 0 Å². The number of anilines is 1. The fourth-order valence-corrected chi connectivity index (χ4v) is 5.44. The lowest BCUT2D eigenvalue weighted by Crippen LogP contribution is -2.55. The average molecular weight is 466 g/mol. The summed E-state index contributed by atoms with van der Waals surface area (Å²) in [6.07, 6.45) is 9.98. The van der Waals surface area contributed by atoms with E-state index in [1.54, 1.807) is 36.4 Å². The third kappa shape index (κ3) is 6.89. The molecule has 2 amide bonds. The first-order valence-electron chi connectivity index (χ1n) is 12.7. The minimum absolute atomic E-state index is 0.0204. The molecule has 2 saturated carbocycles. The zero-order valence-corrected chi connectivity index (χ0v) is 20.0. The molecule has 3 N–H and O–H groups in total. The molecule has 2 aromatic carbocycles. The van der Waals surface area contributed by atoms with Crippen LogP contribution in [0.2, 0.25) is 0 Å². The highest BCUT2D eigenvalue weighted by Crippen LogP contribution is 2.29. The van der Waals surface area contributed by atoms with Crippen molar-refractivity contribution in [1.82, 2.24) is 10.6 Å². The minimum atomic E-state index is -0.220. The van der Waals surface area contributed by atoms with E-state index < -0.39 is 0 Å². The third-order valence-electron chi connectivity index (χ3n) is 7.34. The summed E-state index contributed by atoms with van der Waals surface area (Å²) in [5, 5.41) is 9.92. The molecule has 0 radical (unpaired) electrons. The van der Waals surface area contributed by atoms with Gasteiger partial charge in [-0.3, -0.25) is 4.79 Å². The van der Waals surface area contributed by atoms with Crippen molar-refractivity contribution in [2.24, 2.45) is 5.92 Å². The molecule has 2 aliphatic carbocycles. The molecule has 0 aromatic heterocycles. The highest BCUT2D eigenvalue weighted by Gasteiger charge is 2.30. The normalized spacial score (nSPS) is 24.9. The number of rotatable bonds is 7. The number of nitrogens with one attached hydrogen (secondary N) is 3. The number of ketones is 1. The topological polar surface area (TPSA) is 70.2 Å². The second kappa shape index (κ2) is 11.6. The van der Waals surface area contributed by atoms with Crippen molar-refractivity contribution < 1.29 is 14.0 Å². The van der Waals surface area contributed by atoms with Crippen molar-refractivity contribution in [3.05, 3.63) is 65.5 Å². The molecule has 0 bridgehead atoms. The van der Waals surface area contributed by atoms with E-state index in [4.69, 9.17) is 0 Å². The smallest absolute Gasteiger partial charge is 0.319 e. The first kappa shape index (κ1) is 24.4. The quantitative estimate of drug-likeness (QED) is 0.449. The van der Waals surface area contributed by atoms with Crippen molar-refractivity contribution >= 4 is 17.5 Å². The maximum Gasteiger partial charge on any atom is 0.319 e. The van der Waals surface area contributed by atoms with Gasteiger partial charge < -0.3 is 16.0 Å². The van der Waals surface area contributed by atoms with Crippen molar-refractivity contribution in [3.63, 3.8) is 0 Å². The number of carbonyl (C=O) groups is 2. The zero-order chi connectivity index (χ0) is 23.9. The van der Waals surface area contributed by atoms with Crippen molar-refractivity contribution in [2.45, 2.75) is 82.8 Å². The first-order chi connectivity index (χ1) is 16.5. The second-order valence-corrected chi connectivity index (χ2v) is 9.95. The Morgan fingerprint density at radius 1 is 0.912 bits per heavy atom. The van der Waals surface area contributed by atoms with Gasteiger partial charge >= 0.3 is 6.03 Å². The number of urea groups is 1. The maximum absolute atomic E-state index is 13.2. The molecule has 2 unspecified atom stereocenters. The second-order valence-electron chi connectivity index (χ2n) is 9.95. The molecule has 0 aliphatic heterocycles. The Hall–Kier alpha value is -2.73. The largest absolute Gasteiger partial charge is 0.334 e. The van der Waals surface area contributed by atoms with Crippen molar-refractivity contribution in [3.8, 4) is 0 Å². The Labute approximate surface area is 201 Å². The molecule has 6 heteroatoms. The summed E-state index contributed by atoms with van der Waals surface area (Å²) in [5.74, 6) is 0.457. The van der Waals surface area contributed by atoms with Gasteiger partial charge in [0.1, 0.15) is 5.82 Å². The molecule has 5 nitrogen and oxygen atoms in total. The van der Waals surface area contributed by atoms with Gasteiger partial charge in [-0.15, -0.1) is 0 Å². The van der Waals surface area contributed by atoms with Gasteiger partial charge in [0.05, 0.1) is 0 Å². The molecule has 2 aromatic rings. The van der Waals surface area contributed by atoms with E-state index >= 15 is 0 Å². The van der Waals surface area contributed by atoms with Crippen LogP contribution >= 0.6 is 0 Å². The van der Waals surface area contributed by atoms with E-state index in [9.17, 15) is 14.0 Å². The van der Waals surface area contributed by atoms with Crippen LogP contribution in [0.3, 0.4) is 0 Å². The lowest BCUT2D eigenvalue weighted by molar-refractivity contribution is 0.101. The Balaban J connectivity index is 1.25. The Morgan fingerprint density at radius 3 is 2.32 bits per heavy atom. The number of benzene rings is 2. The molecular formula is C28H36FN3O2. The Kier molecular flexibility index (Phi) is 8.33. The van der Waals surface area contributed by atoms with Crippen LogP contribution in [0.25, 0.3) is 0 Å². The lowest BCUT2D eigenvalue weighted by atomic mass is 9.81.